The molecule has 1 aromatic carbocycles. The van der Waals surface area contributed by atoms with E-state index in [2.05, 4.69) is 31.4 Å². The standard InChI is InChI=1S/C15H24N2O/c1-5-11(3)12(4)17-14-9-7-13(8-10-14)15(18)16-6-2/h7-12,17H,5-6H2,1-4H3,(H,16,18). The molecule has 2 N–H and O–H groups in total. The first kappa shape index (κ1) is 14.6. The Bertz CT molecular complexity index is 373. The fourth-order valence-electron chi connectivity index (χ4n) is 1.74. The van der Waals surface area contributed by atoms with Crippen molar-refractivity contribution < 1.29 is 4.79 Å². The molecular weight excluding hydrogens is 224 g/mol. The van der Waals surface area contributed by atoms with Crippen molar-refractivity contribution >= 4 is 11.6 Å². The van der Waals surface area contributed by atoms with Crippen molar-refractivity contribution in [2.24, 2.45) is 5.92 Å². The second kappa shape index (κ2) is 7.04. The summed E-state index contributed by atoms with van der Waals surface area (Å²) in [6.45, 7) is 9.19. The average Bonchev–Trinajstić information content (AvgIpc) is 2.38. The second-order valence-corrected chi connectivity index (χ2v) is 4.76. The summed E-state index contributed by atoms with van der Waals surface area (Å²) < 4.78 is 0. The lowest BCUT2D eigenvalue weighted by Gasteiger charge is -2.21. The molecule has 0 aliphatic rings. The maximum atomic E-state index is 11.6. The Morgan fingerprint density at radius 1 is 1.17 bits per heavy atom. The monoisotopic (exact) mass is 248 g/mol. The van der Waals surface area contributed by atoms with Crippen molar-refractivity contribution in [3.8, 4) is 0 Å². The molecular formula is C15H24N2O. The average molecular weight is 248 g/mol. The third-order valence-electron chi connectivity index (χ3n) is 3.38. The Hall–Kier alpha value is -1.51. The predicted octanol–water partition coefficient (Wildman–Crippen LogP) is 3.28. The SMILES string of the molecule is CCNC(=O)c1ccc(NC(C)C(C)CC)cc1. The largest absolute Gasteiger partial charge is 0.382 e. The van der Waals surface area contributed by atoms with Crippen LogP contribution < -0.4 is 10.6 Å². The van der Waals surface area contributed by atoms with Gasteiger partial charge < -0.3 is 10.6 Å². The lowest BCUT2D eigenvalue weighted by Crippen LogP contribution is -2.24. The molecule has 0 saturated heterocycles. The van der Waals surface area contributed by atoms with Crippen molar-refractivity contribution in [2.75, 3.05) is 11.9 Å². The molecule has 18 heavy (non-hydrogen) atoms. The first-order valence-electron chi connectivity index (χ1n) is 6.73. The van der Waals surface area contributed by atoms with Crippen LogP contribution in [0.2, 0.25) is 0 Å². The van der Waals surface area contributed by atoms with Gasteiger partial charge in [-0.05, 0) is 44.0 Å². The molecule has 1 rings (SSSR count). The number of anilines is 1. The Labute approximate surface area is 110 Å². The predicted molar refractivity (Wildman–Crippen MR) is 77.0 cm³/mol. The van der Waals surface area contributed by atoms with Crippen LogP contribution >= 0.6 is 0 Å². The molecule has 1 aromatic rings. The van der Waals surface area contributed by atoms with E-state index in [0.717, 1.165) is 12.1 Å². The van der Waals surface area contributed by atoms with Crippen LogP contribution in [0.3, 0.4) is 0 Å². The molecule has 3 nitrogen and oxygen atoms in total. The van der Waals surface area contributed by atoms with E-state index in [4.69, 9.17) is 0 Å². The Morgan fingerprint density at radius 3 is 2.28 bits per heavy atom. The highest BCUT2D eigenvalue weighted by atomic mass is 16.1. The van der Waals surface area contributed by atoms with Gasteiger partial charge >= 0.3 is 0 Å². The minimum atomic E-state index is -0.0148. The van der Waals surface area contributed by atoms with Gasteiger partial charge in [0.05, 0.1) is 0 Å². The fraction of sp³-hybridized carbons (Fsp3) is 0.533. The van der Waals surface area contributed by atoms with Gasteiger partial charge in [0.25, 0.3) is 5.91 Å². The minimum Gasteiger partial charge on any atom is -0.382 e. The van der Waals surface area contributed by atoms with E-state index in [-0.39, 0.29) is 5.91 Å². The van der Waals surface area contributed by atoms with E-state index >= 15 is 0 Å². The maximum absolute atomic E-state index is 11.6. The fourth-order valence-corrected chi connectivity index (χ4v) is 1.74. The van der Waals surface area contributed by atoms with Gasteiger partial charge in [0, 0.05) is 23.8 Å². The van der Waals surface area contributed by atoms with Gasteiger partial charge in [0.2, 0.25) is 0 Å². The highest BCUT2D eigenvalue weighted by Gasteiger charge is 2.10. The number of amides is 1. The van der Waals surface area contributed by atoms with E-state index < -0.39 is 0 Å². The number of benzene rings is 1. The molecule has 0 heterocycles. The first-order chi connectivity index (χ1) is 8.58. The molecule has 100 valence electrons. The van der Waals surface area contributed by atoms with Crippen LogP contribution in [-0.4, -0.2) is 18.5 Å². The summed E-state index contributed by atoms with van der Waals surface area (Å²) in [4.78, 5) is 11.6. The summed E-state index contributed by atoms with van der Waals surface area (Å²) in [5, 5.41) is 6.25. The number of carbonyl (C=O) groups excluding carboxylic acids is 1. The summed E-state index contributed by atoms with van der Waals surface area (Å²) in [5.41, 5.74) is 1.77. The number of hydrogen-bond donors (Lipinski definition) is 2. The third-order valence-corrected chi connectivity index (χ3v) is 3.38. The van der Waals surface area contributed by atoms with E-state index in [1.54, 1.807) is 0 Å². The summed E-state index contributed by atoms with van der Waals surface area (Å²) >= 11 is 0. The molecule has 0 radical (unpaired) electrons. The van der Waals surface area contributed by atoms with E-state index in [1.165, 1.54) is 0 Å². The zero-order valence-electron chi connectivity index (χ0n) is 11.8. The molecule has 3 heteroatoms. The van der Waals surface area contributed by atoms with E-state index in [1.807, 2.05) is 31.2 Å². The van der Waals surface area contributed by atoms with Gasteiger partial charge in [-0.3, -0.25) is 4.79 Å². The topological polar surface area (TPSA) is 41.1 Å². The summed E-state index contributed by atoms with van der Waals surface area (Å²) in [6, 6.07) is 8.07. The minimum absolute atomic E-state index is 0.0148. The molecule has 0 aromatic heterocycles. The molecule has 0 aliphatic carbocycles. The Kier molecular flexibility index (Phi) is 5.69. The van der Waals surface area contributed by atoms with Crippen LogP contribution in [0, 0.1) is 5.92 Å². The maximum Gasteiger partial charge on any atom is 0.251 e. The summed E-state index contributed by atoms with van der Waals surface area (Å²) in [5.74, 6) is 0.618. The van der Waals surface area contributed by atoms with E-state index in [9.17, 15) is 4.79 Å². The number of hydrogen-bond acceptors (Lipinski definition) is 2. The van der Waals surface area contributed by atoms with Crippen LogP contribution in [0.15, 0.2) is 24.3 Å². The van der Waals surface area contributed by atoms with Gasteiger partial charge in [0.1, 0.15) is 0 Å². The zero-order chi connectivity index (χ0) is 13.5. The second-order valence-electron chi connectivity index (χ2n) is 4.76. The normalized spacial score (nSPS) is 13.8. The van der Waals surface area contributed by atoms with Crippen LogP contribution in [0.1, 0.15) is 44.5 Å². The van der Waals surface area contributed by atoms with Crippen molar-refractivity contribution in [3.63, 3.8) is 0 Å². The molecule has 0 saturated carbocycles. The smallest absolute Gasteiger partial charge is 0.251 e. The molecule has 2 unspecified atom stereocenters. The summed E-state index contributed by atoms with van der Waals surface area (Å²) in [6.07, 6.45) is 1.16. The zero-order valence-corrected chi connectivity index (χ0v) is 11.8. The van der Waals surface area contributed by atoms with Crippen molar-refractivity contribution in [1.29, 1.82) is 0 Å². The van der Waals surface area contributed by atoms with Crippen molar-refractivity contribution in [1.82, 2.24) is 5.32 Å². The molecule has 2 atom stereocenters. The highest BCUT2D eigenvalue weighted by Crippen LogP contribution is 2.15. The van der Waals surface area contributed by atoms with Gasteiger partial charge in [-0.1, -0.05) is 20.3 Å². The van der Waals surface area contributed by atoms with Gasteiger partial charge in [-0.15, -0.1) is 0 Å². The van der Waals surface area contributed by atoms with Gasteiger partial charge in [-0.25, -0.2) is 0 Å². The van der Waals surface area contributed by atoms with E-state index in [0.29, 0.717) is 24.1 Å². The van der Waals surface area contributed by atoms with Gasteiger partial charge in [0.15, 0.2) is 0 Å². The quantitative estimate of drug-likeness (QED) is 0.811. The third kappa shape index (κ3) is 4.06. The lowest BCUT2D eigenvalue weighted by molar-refractivity contribution is 0.0956. The summed E-state index contributed by atoms with van der Waals surface area (Å²) in [7, 11) is 0. The number of rotatable bonds is 6. The molecule has 0 spiro atoms. The lowest BCUT2D eigenvalue weighted by atomic mass is 10.0. The number of nitrogens with one attached hydrogen (secondary N) is 2. The molecule has 0 aliphatic heterocycles. The van der Waals surface area contributed by atoms with Gasteiger partial charge in [-0.2, -0.15) is 0 Å². The van der Waals surface area contributed by atoms with Crippen LogP contribution in [0.5, 0.6) is 0 Å². The Balaban J connectivity index is 2.63. The highest BCUT2D eigenvalue weighted by molar-refractivity contribution is 5.94. The van der Waals surface area contributed by atoms with Crippen molar-refractivity contribution in [2.45, 2.75) is 40.2 Å². The molecule has 0 fully saturated rings. The number of carbonyl (C=O) groups is 1. The Morgan fingerprint density at radius 2 is 1.78 bits per heavy atom. The van der Waals surface area contributed by atoms with Crippen molar-refractivity contribution in [3.05, 3.63) is 29.8 Å². The van der Waals surface area contributed by atoms with Crippen LogP contribution in [0.4, 0.5) is 5.69 Å². The van der Waals surface area contributed by atoms with Crippen LogP contribution in [0.25, 0.3) is 0 Å². The molecule has 1 amide bonds. The van der Waals surface area contributed by atoms with Crippen LogP contribution in [-0.2, 0) is 0 Å². The first-order valence-corrected chi connectivity index (χ1v) is 6.73. The molecule has 0 bridgehead atoms.